The summed E-state index contributed by atoms with van der Waals surface area (Å²) in [5, 5.41) is 26.4. The predicted octanol–water partition coefficient (Wildman–Crippen LogP) is 5.93. The van der Waals surface area contributed by atoms with Crippen molar-refractivity contribution in [1.82, 2.24) is 20.0 Å². The number of hydrogen-bond donors (Lipinski definition) is 1. The highest BCUT2D eigenvalue weighted by Crippen LogP contribution is 2.40. The van der Waals surface area contributed by atoms with E-state index in [1.807, 2.05) is 12.1 Å². The van der Waals surface area contributed by atoms with Crippen molar-refractivity contribution in [3.8, 4) is 5.75 Å². The van der Waals surface area contributed by atoms with Crippen molar-refractivity contribution in [3.05, 3.63) is 94.5 Å². The third kappa shape index (κ3) is 7.44. The van der Waals surface area contributed by atoms with Crippen molar-refractivity contribution in [2.24, 2.45) is 5.10 Å². The minimum Gasteiger partial charge on any atom is -0.491 e. The highest BCUT2D eigenvalue weighted by molar-refractivity contribution is 6.35. The van der Waals surface area contributed by atoms with Gasteiger partial charge >= 0.3 is 0 Å². The first kappa shape index (κ1) is 35.3. The first-order valence-corrected chi connectivity index (χ1v) is 17.9. The number of benzene rings is 3. The molecule has 1 aromatic heterocycles. The first-order valence-electron chi connectivity index (χ1n) is 17.2. The molecule has 0 bridgehead atoms. The predicted molar refractivity (Wildman–Crippen MR) is 195 cm³/mol. The van der Waals surface area contributed by atoms with E-state index < -0.39 is 18.2 Å². The molecule has 4 aromatic rings. The largest absolute Gasteiger partial charge is 0.491 e. The molecule has 0 spiro atoms. The topological polar surface area (TPSA) is 104 Å². The van der Waals surface area contributed by atoms with Gasteiger partial charge in [-0.1, -0.05) is 43.1 Å². The van der Waals surface area contributed by atoms with Crippen LogP contribution in [0, 0.1) is 5.82 Å². The second-order valence-corrected chi connectivity index (χ2v) is 13.6. The molecule has 3 aromatic carbocycles. The Balaban J connectivity index is 0.928. The second-order valence-electron chi connectivity index (χ2n) is 12.7. The Bertz CT molecular complexity index is 1810. The van der Waals surface area contributed by atoms with Crippen LogP contribution in [0.3, 0.4) is 0 Å². The lowest BCUT2D eigenvalue weighted by Crippen LogP contribution is -2.47. The van der Waals surface area contributed by atoms with Crippen molar-refractivity contribution in [3.63, 3.8) is 0 Å². The number of nitrogens with zero attached hydrogens (tertiary/aromatic N) is 8. The van der Waals surface area contributed by atoms with Crippen LogP contribution in [0.2, 0.25) is 10.0 Å². The summed E-state index contributed by atoms with van der Waals surface area (Å²) >= 11 is 12.7. The van der Waals surface area contributed by atoms with E-state index in [1.54, 1.807) is 59.0 Å². The number of halogens is 3. The van der Waals surface area contributed by atoms with Crippen LogP contribution in [0.1, 0.15) is 32.3 Å². The maximum Gasteiger partial charge on any atom is 0.228 e. The van der Waals surface area contributed by atoms with Crippen molar-refractivity contribution in [1.29, 1.82) is 0 Å². The van der Waals surface area contributed by atoms with E-state index in [2.05, 4.69) is 51.1 Å². The number of hydrazone groups is 1. The molecule has 2 saturated heterocycles. The molecule has 4 heterocycles. The first-order chi connectivity index (χ1) is 24.8. The summed E-state index contributed by atoms with van der Waals surface area (Å²) < 4.78 is 34.1. The van der Waals surface area contributed by atoms with Gasteiger partial charge in [-0.15, -0.1) is 0 Å². The van der Waals surface area contributed by atoms with E-state index >= 15 is 4.39 Å². The summed E-state index contributed by atoms with van der Waals surface area (Å²) in [6.45, 7) is 7.51. The molecule has 0 saturated carbocycles. The Morgan fingerprint density at radius 2 is 1.65 bits per heavy atom. The average Bonchev–Trinajstić information content (AvgIpc) is 3.90. The fourth-order valence-electron chi connectivity index (χ4n) is 6.84. The van der Waals surface area contributed by atoms with Crippen LogP contribution in [-0.4, -0.2) is 89.3 Å². The van der Waals surface area contributed by atoms with Gasteiger partial charge < -0.3 is 29.1 Å². The number of rotatable bonds is 12. The Kier molecular flexibility index (Phi) is 10.5. The Labute approximate surface area is 306 Å². The van der Waals surface area contributed by atoms with Crippen LogP contribution in [0.5, 0.6) is 5.75 Å². The summed E-state index contributed by atoms with van der Waals surface area (Å²) in [5.41, 5.74) is 3.08. The lowest BCUT2D eigenvalue weighted by Gasteiger charge is -2.37. The number of aromatic nitrogens is 3. The average molecular weight is 740 g/mol. The van der Waals surface area contributed by atoms with E-state index in [4.69, 9.17) is 37.4 Å². The minimum absolute atomic E-state index is 0.134. The molecular weight excluding hydrogens is 698 g/mol. The second kappa shape index (κ2) is 15.2. The van der Waals surface area contributed by atoms with Gasteiger partial charge in [-0.3, -0.25) is 4.90 Å². The van der Waals surface area contributed by atoms with Crippen LogP contribution < -0.4 is 19.4 Å². The lowest BCUT2D eigenvalue weighted by molar-refractivity contribution is -0.192. The van der Waals surface area contributed by atoms with Gasteiger partial charge in [-0.25, -0.2) is 9.40 Å². The molecular formula is C36H41Cl2FN8O4. The molecule has 7 rings (SSSR count). The molecule has 270 valence electrons. The quantitative estimate of drug-likeness (QED) is 0.188. The maximum absolute atomic E-state index is 15.5. The van der Waals surface area contributed by atoms with Gasteiger partial charge in [0.15, 0.2) is 0 Å². The van der Waals surface area contributed by atoms with Gasteiger partial charge in [0.2, 0.25) is 12.1 Å². The Hall–Kier alpha value is -4.14. The van der Waals surface area contributed by atoms with Crippen LogP contribution in [0.4, 0.5) is 21.5 Å². The van der Waals surface area contributed by atoms with Crippen LogP contribution >= 0.6 is 23.2 Å². The van der Waals surface area contributed by atoms with E-state index in [0.717, 1.165) is 37.3 Å². The van der Waals surface area contributed by atoms with Gasteiger partial charge in [0.1, 0.15) is 37.2 Å². The van der Waals surface area contributed by atoms with Crippen molar-refractivity contribution >= 4 is 46.6 Å². The molecule has 2 fully saturated rings. The number of anilines is 3. The highest BCUT2D eigenvalue weighted by Gasteiger charge is 2.46. The smallest absolute Gasteiger partial charge is 0.228 e. The highest BCUT2D eigenvalue weighted by atomic mass is 35.5. The number of hydrogen-bond acceptors (Lipinski definition) is 11. The molecule has 51 heavy (non-hydrogen) atoms. The molecule has 15 heteroatoms. The van der Waals surface area contributed by atoms with E-state index in [0.29, 0.717) is 40.1 Å². The van der Waals surface area contributed by atoms with Crippen LogP contribution in [0.15, 0.2) is 78.2 Å². The minimum atomic E-state index is -1.26. The van der Waals surface area contributed by atoms with Crippen LogP contribution in [-0.2, 0) is 21.8 Å². The van der Waals surface area contributed by atoms with E-state index in [1.165, 1.54) is 10.9 Å². The third-order valence-electron chi connectivity index (χ3n) is 9.62. The molecule has 3 aliphatic rings. The zero-order chi connectivity index (χ0) is 35.5. The van der Waals surface area contributed by atoms with Crippen LogP contribution in [0.25, 0.3) is 0 Å². The summed E-state index contributed by atoms with van der Waals surface area (Å²) in [4.78, 5) is 7.58. The molecule has 1 unspecified atom stereocenters. The maximum atomic E-state index is 15.5. The van der Waals surface area contributed by atoms with Gasteiger partial charge in [0, 0.05) is 54.2 Å². The van der Waals surface area contributed by atoms with Gasteiger partial charge in [0.05, 0.1) is 35.8 Å². The molecule has 3 atom stereocenters. The van der Waals surface area contributed by atoms with E-state index in [-0.39, 0.29) is 31.6 Å². The van der Waals surface area contributed by atoms with Crippen molar-refractivity contribution in [2.45, 2.75) is 57.5 Å². The molecule has 0 radical (unpaired) electrons. The van der Waals surface area contributed by atoms with E-state index in [9.17, 15) is 5.11 Å². The number of ether oxygens (including phenoxy) is 3. The number of aliphatic hydroxyl groups is 1. The van der Waals surface area contributed by atoms with Gasteiger partial charge in [-0.2, -0.15) is 20.1 Å². The molecule has 12 nitrogen and oxygen atoms in total. The fourth-order valence-corrected chi connectivity index (χ4v) is 7.39. The Morgan fingerprint density at radius 3 is 2.33 bits per heavy atom. The molecule has 1 N–H and O–H groups in total. The third-order valence-corrected chi connectivity index (χ3v) is 10.2. The monoisotopic (exact) mass is 738 g/mol. The zero-order valence-electron chi connectivity index (χ0n) is 28.5. The lowest BCUT2D eigenvalue weighted by atomic mass is 10.1. The number of aliphatic hydroxyl groups excluding tert-OH is 1. The summed E-state index contributed by atoms with van der Waals surface area (Å²) in [7, 11) is 0. The molecule has 3 aliphatic heterocycles. The Morgan fingerprint density at radius 1 is 0.941 bits per heavy atom. The van der Waals surface area contributed by atoms with Crippen molar-refractivity contribution in [2.75, 3.05) is 54.1 Å². The normalized spacial score (nSPS) is 22.1. The summed E-state index contributed by atoms with van der Waals surface area (Å²) in [6, 6.07) is 18.4. The number of piperazine rings is 1. The SMILES string of the molecule is CCC(CC)N1N=CN(c2ccc(N3CCN(c4ccc(OC[C@@H]5CO[C@@](Cn6nccn6)(c6ccc(Cl)cc6Cl)O5)cc4F)CC3)cc2)C1O. The zero-order valence-corrected chi connectivity index (χ0v) is 30.0. The van der Waals surface area contributed by atoms with Gasteiger partial charge in [-0.05, 0) is 61.4 Å². The molecule has 0 aliphatic carbocycles. The van der Waals surface area contributed by atoms with Gasteiger partial charge in [0.25, 0.3) is 0 Å². The van der Waals surface area contributed by atoms with Crippen molar-refractivity contribution < 1.29 is 23.7 Å². The fraction of sp³-hybridized carbons (Fsp3) is 0.417. The molecule has 0 amide bonds. The summed E-state index contributed by atoms with van der Waals surface area (Å²) in [6.07, 6.45) is 5.37. The summed E-state index contributed by atoms with van der Waals surface area (Å²) in [5.74, 6) is -1.21. The standard InChI is InChI=1S/C36H41Cl2FN8O4/c1-3-26(4-2)47-35(48)45(24-42-47)28-8-6-27(7-9-28)43-15-17-44(18-16-43)34-12-10-29(20-33(34)39)49-21-30-22-50-36(51-30,23-46-40-13-14-41-46)31-11-5-25(37)19-32(31)38/h5-14,19-20,24,26,30,35,48H,3-4,15-18,21-23H2,1-2H3/t30-,35?,36-/m1/s1.